The summed E-state index contributed by atoms with van der Waals surface area (Å²) < 4.78 is 0.973. The number of nitrogens with zero attached hydrogens (tertiary/aromatic N) is 3. The maximum absolute atomic E-state index is 12.0. The molecule has 0 fully saturated rings. The third kappa shape index (κ3) is 2.81. The minimum atomic E-state index is -0.0130. The molecule has 1 N–H and O–H groups in total. The van der Waals surface area contributed by atoms with Crippen molar-refractivity contribution in [2.24, 2.45) is 0 Å². The SMILES string of the molecule is Cc1nc2c(c(=O)[nH]1)CN(Cc1ccc(Br)cn1)CC2. The third-order valence-electron chi connectivity index (χ3n) is 3.44. The van der Waals surface area contributed by atoms with Crippen molar-refractivity contribution < 1.29 is 0 Å². The Labute approximate surface area is 125 Å². The van der Waals surface area contributed by atoms with Crippen molar-refractivity contribution in [1.82, 2.24) is 19.9 Å². The second kappa shape index (κ2) is 5.46. The van der Waals surface area contributed by atoms with Gasteiger partial charge in [0.1, 0.15) is 5.82 Å². The Balaban J connectivity index is 1.79. The van der Waals surface area contributed by atoms with Crippen molar-refractivity contribution in [1.29, 1.82) is 0 Å². The van der Waals surface area contributed by atoms with Gasteiger partial charge in [-0.1, -0.05) is 0 Å². The highest BCUT2D eigenvalue weighted by Gasteiger charge is 2.20. The van der Waals surface area contributed by atoms with Crippen LogP contribution in [0, 0.1) is 6.92 Å². The first kappa shape index (κ1) is 13.5. The Hall–Kier alpha value is -1.53. The molecular formula is C14H15BrN4O. The molecule has 0 atom stereocenters. The van der Waals surface area contributed by atoms with Crippen LogP contribution in [-0.2, 0) is 19.5 Å². The zero-order chi connectivity index (χ0) is 14.1. The molecule has 0 bridgehead atoms. The highest BCUT2D eigenvalue weighted by Crippen LogP contribution is 2.16. The molecule has 0 saturated carbocycles. The molecule has 1 aliphatic heterocycles. The average molecular weight is 335 g/mol. The van der Waals surface area contributed by atoms with Gasteiger partial charge in [-0.25, -0.2) is 4.98 Å². The molecule has 5 nitrogen and oxygen atoms in total. The number of rotatable bonds is 2. The van der Waals surface area contributed by atoms with Crippen LogP contribution in [0.4, 0.5) is 0 Å². The fraction of sp³-hybridized carbons (Fsp3) is 0.357. The molecule has 6 heteroatoms. The summed E-state index contributed by atoms with van der Waals surface area (Å²) in [6.07, 6.45) is 2.61. The number of halogens is 1. The molecule has 20 heavy (non-hydrogen) atoms. The molecule has 3 rings (SSSR count). The number of fused-ring (bicyclic) bond motifs is 1. The monoisotopic (exact) mass is 334 g/mol. The fourth-order valence-corrected chi connectivity index (χ4v) is 2.70. The van der Waals surface area contributed by atoms with Crippen LogP contribution in [0.3, 0.4) is 0 Å². The first-order valence-corrected chi connectivity index (χ1v) is 7.32. The lowest BCUT2D eigenvalue weighted by Gasteiger charge is -2.27. The molecule has 0 aliphatic carbocycles. The Bertz CT molecular complexity index is 681. The lowest BCUT2D eigenvalue weighted by Crippen LogP contribution is -2.35. The smallest absolute Gasteiger partial charge is 0.255 e. The summed E-state index contributed by atoms with van der Waals surface area (Å²) in [6.45, 7) is 4.11. The van der Waals surface area contributed by atoms with Gasteiger partial charge < -0.3 is 4.98 Å². The van der Waals surface area contributed by atoms with E-state index in [0.717, 1.165) is 40.9 Å². The predicted octanol–water partition coefficient (Wildman–Crippen LogP) is 1.79. The van der Waals surface area contributed by atoms with Gasteiger partial charge >= 0.3 is 0 Å². The lowest BCUT2D eigenvalue weighted by molar-refractivity contribution is 0.238. The first-order valence-electron chi connectivity index (χ1n) is 6.53. The average Bonchev–Trinajstić information content (AvgIpc) is 2.42. The van der Waals surface area contributed by atoms with E-state index in [4.69, 9.17) is 0 Å². The van der Waals surface area contributed by atoms with Crippen LogP contribution in [0.15, 0.2) is 27.6 Å². The molecule has 0 radical (unpaired) electrons. The minimum absolute atomic E-state index is 0.0130. The van der Waals surface area contributed by atoms with Gasteiger partial charge in [0.05, 0.1) is 17.0 Å². The van der Waals surface area contributed by atoms with Crippen LogP contribution in [0.2, 0.25) is 0 Å². The van der Waals surface area contributed by atoms with Crippen LogP contribution < -0.4 is 5.56 Å². The summed E-state index contributed by atoms with van der Waals surface area (Å²) >= 11 is 3.38. The summed E-state index contributed by atoms with van der Waals surface area (Å²) in [6, 6.07) is 3.98. The molecule has 1 aliphatic rings. The highest BCUT2D eigenvalue weighted by molar-refractivity contribution is 9.10. The maximum Gasteiger partial charge on any atom is 0.255 e. The van der Waals surface area contributed by atoms with E-state index in [1.165, 1.54) is 0 Å². The van der Waals surface area contributed by atoms with Crippen molar-refractivity contribution in [3.05, 3.63) is 55.9 Å². The van der Waals surface area contributed by atoms with E-state index in [-0.39, 0.29) is 5.56 Å². The van der Waals surface area contributed by atoms with Crippen molar-refractivity contribution in [2.75, 3.05) is 6.54 Å². The second-order valence-electron chi connectivity index (χ2n) is 5.00. The molecule has 3 heterocycles. The van der Waals surface area contributed by atoms with Crippen LogP contribution >= 0.6 is 15.9 Å². The van der Waals surface area contributed by atoms with E-state index in [1.807, 2.05) is 19.1 Å². The number of aryl methyl sites for hydroxylation is 1. The van der Waals surface area contributed by atoms with Crippen molar-refractivity contribution in [3.8, 4) is 0 Å². The Morgan fingerprint density at radius 3 is 3.05 bits per heavy atom. The number of H-pyrrole nitrogens is 1. The zero-order valence-corrected chi connectivity index (χ0v) is 12.8. The standard InChI is InChI=1S/C14H15BrN4O/c1-9-17-13-4-5-19(8-12(13)14(20)18-9)7-11-3-2-10(15)6-16-11/h2-3,6H,4-5,7-8H2,1H3,(H,17,18,20). The minimum Gasteiger partial charge on any atom is -0.310 e. The quantitative estimate of drug-likeness (QED) is 0.909. The van der Waals surface area contributed by atoms with Gasteiger partial charge in [-0.3, -0.25) is 14.7 Å². The number of nitrogens with one attached hydrogen (secondary N) is 1. The number of hydrogen-bond acceptors (Lipinski definition) is 4. The summed E-state index contributed by atoms with van der Waals surface area (Å²) in [7, 11) is 0. The largest absolute Gasteiger partial charge is 0.310 e. The van der Waals surface area contributed by atoms with Gasteiger partial charge in [0, 0.05) is 36.7 Å². The predicted molar refractivity (Wildman–Crippen MR) is 79.3 cm³/mol. The van der Waals surface area contributed by atoms with Gasteiger partial charge in [-0.15, -0.1) is 0 Å². The lowest BCUT2D eigenvalue weighted by atomic mass is 10.1. The van der Waals surface area contributed by atoms with Crippen LogP contribution in [-0.4, -0.2) is 26.4 Å². The van der Waals surface area contributed by atoms with Crippen molar-refractivity contribution in [3.63, 3.8) is 0 Å². The number of hydrogen-bond donors (Lipinski definition) is 1. The molecule has 0 unspecified atom stereocenters. The third-order valence-corrected chi connectivity index (χ3v) is 3.91. The second-order valence-corrected chi connectivity index (χ2v) is 5.92. The maximum atomic E-state index is 12.0. The van der Waals surface area contributed by atoms with Gasteiger partial charge in [0.2, 0.25) is 0 Å². The molecule has 0 saturated heterocycles. The van der Waals surface area contributed by atoms with Gasteiger partial charge in [0.25, 0.3) is 5.56 Å². The molecule has 2 aromatic heterocycles. The van der Waals surface area contributed by atoms with E-state index >= 15 is 0 Å². The molecule has 0 spiro atoms. The number of aromatic nitrogens is 3. The van der Waals surface area contributed by atoms with Crippen LogP contribution in [0.5, 0.6) is 0 Å². The van der Waals surface area contributed by atoms with Gasteiger partial charge in [-0.2, -0.15) is 0 Å². The van der Waals surface area contributed by atoms with Crippen LogP contribution in [0.1, 0.15) is 22.8 Å². The molecule has 0 aromatic carbocycles. The Morgan fingerprint density at radius 2 is 2.30 bits per heavy atom. The summed E-state index contributed by atoms with van der Waals surface area (Å²) in [5.74, 6) is 0.691. The zero-order valence-electron chi connectivity index (χ0n) is 11.2. The van der Waals surface area contributed by atoms with Gasteiger partial charge in [0.15, 0.2) is 0 Å². The van der Waals surface area contributed by atoms with E-state index in [1.54, 1.807) is 6.20 Å². The van der Waals surface area contributed by atoms with E-state index in [2.05, 4.69) is 35.8 Å². The van der Waals surface area contributed by atoms with E-state index < -0.39 is 0 Å². The topological polar surface area (TPSA) is 61.9 Å². The summed E-state index contributed by atoms with van der Waals surface area (Å²) in [5, 5.41) is 0. The van der Waals surface area contributed by atoms with Gasteiger partial charge in [-0.05, 0) is 35.0 Å². The van der Waals surface area contributed by atoms with E-state index in [0.29, 0.717) is 12.4 Å². The Morgan fingerprint density at radius 1 is 1.45 bits per heavy atom. The van der Waals surface area contributed by atoms with Crippen molar-refractivity contribution >= 4 is 15.9 Å². The summed E-state index contributed by atoms with van der Waals surface area (Å²) in [5.41, 5.74) is 2.72. The fourth-order valence-electron chi connectivity index (χ4n) is 2.47. The molecule has 104 valence electrons. The first-order chi connectivity index (χ1) is 9.61. The molecule has 0 amide bonds. The highest BCUT2D eigenvalue weighted by atomic mass is 79.9. The number of aromatic amines is 1. The van der Waals surface area contributed by atoms with E-state index in [9.17, 15) is 4.79 Å². The van der Waals surface area contributed by atoms with Crippen LogP contribution in [0.25, 0.3) is 0 Å². The van der Waals surface area contributed by atoms with Crippen molar-refractivity contribution in [2.45, 2.75) is 26.4 Å². The number of pyridine rings is 1. The normalized spacial score (nSPS) is 15.1. The summed E-state index contributed by atoms with van der Waals surface area (Å²) in [4.78, 5) is 25.8. The Kier molecular flexibility index (Phi) is 3.67. The molecule has 2 aromatic rings. The molecular weight excluding hydrogens is 320 g/mol.